The third kappa shape index (κ3) is 1.89. The Bertz CT molecular complexity index is 574. The van der Waals surface area contributed by atoms with Crippen molar-refractivity contribution < 1.29 is 18.3 Å². The first kappa shape index (κ1) is 11.0. The topological polar surface area (TPSA) is 76.0 Å². The highest BCUT2D eigenvalue weighted by atomic mass is 35.5. The summed E-state index contributed by atoms with van der Waals surface area (Å²) in [5.74, 6) is 0.305. The van der Waals surface area contributed by atoms with Crippen LogP contribution in [0.15, 0.2) is 39.8 Å². The molecule has 1 aliphatic rings. The van der Waals surface area contributed by atoms with Gasteiger partial charge in [0, 0.05) is 0 Å². The monoisotopic (exact) mass is 259 g/mol. The summed E-state index contributed by atoms with van der Waals surface area (Å²) in [5, 5.41) is 8.56. The van der Waals surface area contributed by atoms with E-state index < -0.39 is 15.1 Å². The molecule has 1 aromatic rings. The molecule has 16 heavy (non-hydrogen) atoms. The van der Waals surface area contributed by atoms with Crippen LogP contribution in [0.3, 0.4) is 0 Å². The number of sulfone groups is 1. The molecule has 0 radical (unpaired) electrons. The Morgan fingerprint density at radius 2 is 1.88 bits per heavy atom. The quantitative estimate of drug-likeness (QED) is 0.831. The summed E-state index contributed by atoms with van der Waals surface area (Å²) >= 11 is 5.43. The maximum atomic E-state index is 11.5. The highest BCUT2D eigenvalue weighted by Gasteiger charge is 2.30. The van der Waals surface area contributed by atoms with Crippen LogP contribution in [0.1, 0.15) is 0 Å². The van der Waals surface area contributed by atoms with Gasteiger partial charge in [-0.15, -0.1) is 0 Å². The van der Waals surface area contributed by atoms with E-state index in [4.69, 9.17) is 21.4 Å². The van der Waals surface area contributed by atoms with Crippen LogP contribution in [0, 0.1) is 0 Å². The molecule has 0 amide bonds. The maximum Gasteiger partial charge on any atom is 0.321 e. The van der Waals surface area contributed by atoms with E-state index in [2.05, 4.69) is 4.99 Å². The summed E-state index contributed by atoms with van der Waals surface area (Å²) in [6, 6.07) is 5.57. The molecule has 0 saturated heterocycles. The standard InChI is InChI=1S/C9H6ClNO4S/c10-8-5-11-9(16(8,13)14)15-7-3-1-6(12)2-4-7/h1-5,12H. The van der Waals surface area contributed by atoms with Crippen molar-refractivity contribution in [1.82, 2.24) is 0 Å². The molecule has 0 saturated carbocycles. The van der Waals surface area contributed by atoms with Gasteiger partial charge in [0.1, 0.15) is 11.5 Å². The number of aromatic hydroxyl groups is 1. The number of phenols is 1. The van der Waals surface area contributed by atoms with Gasteiger partial charge in [0.2, 0.25) is 0 Å². The Morgan fingerprint density at radius 1 is 1.25 bits per heavy atom. The molecule has 0 unspecified atom stereocenters. The van der Waals surface area contributed by atoms with Crippen LogP contribution in [-0.4, -0.2) is 18.8 Å². The van der Waals surface area contributed by atoms with Gasteiger partial charge >= 0.3 is 5.23 Å². The number of hydrogen-bond donors (Lipinski definition) is 1. The Labute approximate surface area is 96.6 Å². The fourth-order valence-electron chi connectivity index (χ4n) is 1.02. The van der Waals surface area contributed by atoms with Crippen molar-refractivity contribution in [3.05, 3.63) is 34.8 Å². The van der Waals surface area contributed by atoms with Gasteiger partial charge < -0.3 is 9.84 Å². The molecule has 1 heterocycles. The van der Waals surface area contributed by atoms with E-state index in [1.54, 1.807) is 0 Å². The van der Waals surface area contributed by atoms with E-state index in [-0.39, 0.29) is 15.9 Å². The van der Waals surface area contributed by atoms with Crippen molar-refractivity contribution >= 4 is 26.7 Å². The molecule has 0 spiro atoms. The van der Waals surface area contributed by atoms with Gasteiger partial charge in [-0.05, 0) is 24.3 Å². The molecule has 0 aliphatic carbocycles. The summed E-state index contributed by atoms with van der Waals surface area (Å²) in [6.07, 6.45) is 1.01. The molecule has 7 heteroatoms. The largest absolute Gasteiger partial charge is 0.508 e. The Morgan fingerprint density at radius 3 is 2.38 bits per heavy atom. The zero-order valence-corrected chi connectivity index (χ0v) is 9.36. The number of ether oxygens (including phenoxy) is 1. The van der Waals surface area contributed by atoms with Crippen molar-refractivity contribution in [1.29, 1.82) is 0 Å². The van der Waals surface area contributed by atoms with Crippen molar-refractivity contribution in [3.63, 3.8) is 0 Å². The molecule has 1 N–H and O–H groups in total. The second-order valence-corrected chi connectivity index (χ2v) is 5.35. The fraction of sp³-hybridized carbons (Fsp3) is 0. The second-order valence-electron chi connectivity index (χ2n) is 2.93. The van der Waals surface area contributed by atoms with E-state index in [9.17, 15) is 8.42 Å². The van der Waals surface area contributed by atoms with Crippen LogP contribution in [0.2, 0.25) is 0 Å². The highest BCUT2D eigenvalue weighted by Crippen LogP contribution is 2.24. The summed E-state index contributed by atoms with van der Waals surface area (Å²) in [5.41, 5.74) is 0. The Hall–Kier alpha value is -1.53. The van der Waals surface area contributed by atoms with Crippen LogP contribution < -0.4 is 4.74 Å². The van der Waals surface area contributed by atoms with Crippen molar-refractivity contribution in [3.8, 4) is 11.5 Å². The lowest BCUT2D eigenvalue weighted by molar-refractivity contribution is 0.473. The number of aliphatic imine (C=N–C) groups is 1. The van der Waals surface area contributed by atoms with E-state index in [1.807, 2.05) is 0 Å². The van der Waals surface area contributed by atoms with Crippen LogP contribution in [-0.2, 0) is 9.84 Å². The Balaban J connectivity index is 2.23. The molecule has 84 valence electrons. The molecule has 5 nitrogen and oxygen atoms in total. The summed E-state index contributed by atoms with van der Waals surface area (Å²) in [7, 11) is -3.78. The normalized spacial score (nSPS) is 17.8. The minimum atomic E-state index is -3.78. The van der Waals surface area contributed by atoms with Crippen LogP contribution >= 0.6 is 11.6 Å². The number of rotatable bonds is 1. The molecule has 0 fully saturated rings. The van der Waals surface area contributed by atoms with Gasteiger partial charge in [0.25, 0.3) is 9.84 Å². The van der Waals surface area contributed by atoms with E-state index in [0.29, 0.717) is 0 Å². The number of phenolic OH excluding ortho intramolecular Hbond substituents is 1. The van der Waals surface area contributed by atoms with Gasteiger partial charge in [0.15, 0.2) is 4.36 Å². The molecule has 0 atom stereocenters. The lowest BCUT2D eigenvalue weighted by Gasteiger charge is -2.04. The average Bonchev–Trinajstić information content (AvgIpc) is 2.48. The SMILES string of the molecule is O=S1(=O)C(Cl)=CN=C1Oc1ccc(O)cc1. The Kier molecular flexibility index (Phi) is 2.61. The third-order valence-electron chi connectivity index (χ3n) is 1.80. The lowest BCUT2D eigenvalue weighted by Crippen LogP contribution is -2.17. The lowest BCUT2D eigenvalue weighted by atomic mass is 10.3. The maximum absolute atomic E-state index is 11.5. The van der Waals surface area contributed by atoms with Crippen molar-refractivity contribution in [2.45, 2.75) is 0 Å². The number of nitrogens with zero attached hydrogens (tertiary/aromatic N) is 1. The first-order valence-electron chi connectivity index (χ1n) is 4.15. The smallest absolute Gasteiger partial charge is 0.321 e. The summed E-state index contributed by atoms with van der Waals surface area (Å²) in [4.78, 5) is 3.54. The third-order valence-corrected chi connectivity index (χ3v) is 3.77. The zero-order chi connectivity index (χ0) is 11.8. The highest BCUT2D eigenvalue weighted by molar-refractivity contribution is 8.10. The minimum Gasteiger partial charge on any atom is -0.508 e. The van der Waals surface area contributed by atoms with E-state index >= 15 is 0 Å². The molecule has 0 aromatic heterocycles. The average molecular weight is 260 g/mol. The van der Waals surface area contributed by atoms with Crippen molar-refractivity contribution in [2.75, 3.05) is 0 Å². The van der Waals surface area contributed by atoms with Gasteiger partial charge in [-0.3, -0.25) is 0 Å². The predicted molar refractivity (Wildman–Crippen MR) is 59.0 cm³/mol. The minimum absolute atomic E-state index is 0.0553. The summed E-state index contributed by atoms with van der Waals surface area (Å²) in [6.45, 7) is 0. The first-order chi connectivity index (χ1) is 7.50. The van der Waals surface area contributed by atoms with Gasteiger partial charge in [0.05, 0.1) is 6.20 Å². The van der Waals surface area contributed by atoms with E-state index in [1.165, 1.54) is 24.3 Å². The number of hydrogen-bond acceptors (Lipinski definition) is 5. The predicted octanol–water partition coefficient (Wildman–Crippen LogP) is 1.59. The number of halogens is 1. The molecule has 1 aromatic carbocycles. The van der Waals surface area contributed by atoms with Gasteiger partial charge in [-0.2, -0.15) is 0 Å². The number of benzene rings is 1. The molecular weight excluding hydrogens is 254 g/mol. The molecule has 0 bridgehead atoms. The fourth-order valence-corrected chi connectivity index (χ4v) is 2.02. The van der Waals surface area contributed by atoms with Crippen molar-refractivity contribution in [2.24, 2.45) is 4.99 Å². The van der Waals surface area contributed by atoms with Gasteiger partial charge in [-0.1, -0.05) is 11.6 Å². The second kappa shape index (κ2) is 3.80. The van der Waals surface area contributed by atoms with Crippen LogP contribution in [0.25, 0.3) is 0 Å². The zero-order valence-electron chi connectivity index (χ0n) is 7.79. The molecular formula is C9H6ClNO4S. The molecule has 1 aliphatic heterocycles. The van der Waals surface area contributed by atoms with Gasteiger partial charge in [-0.25, -0.2) is 13.4 Å². The molecule has 2 rings (SSSR count). The first-order valence-corrected chi connectivity index (χ1v) is 6.02. The van der Waals surface area contributed by atoms with Crippen LogP contribution in [0.5, 0.6) is 11.5 Å². The van der Waals surface area contributed by atoms with E-state index in [0.717, 1.165) is 6.20 Å². The van der Waals surface area contributed by atoms with Crippen LogP contribution in [0.4, 0.5) is 0 Å². The summed E-state index contributed by atoms with van der Waals surface area (Å²) < 4.78 is 27.6.